The van der Waals surface area contributed by atoms with Gasteiger partial charge in [-0.3, -0.25) is 0 Å². The van der Waals surface area contributed by atoms with Crippen LogP contribution in [0.15, 0.2) is 35.9 Å². The Balaban J connectivity index is 1.90. The van der Waals surface area contributed by atoms with Crippen LogP contribution in [0.3, 0.4) is 0 Å². The Morgan fingerprint density at radius 3 is 2.78 bits per heavy atom. The van der Waals surface area contributed by atoms with Crippen molar-refractivity contribution in [2.45, 2.75) is 19.3 Å². The third-order valence-corrected chi connectivity index (χ3v) is 3.48. The van der Waals surface area contributed by atoms with Crippen LogP contribution in [-0.4, -0.2) is 17.7 Å². The summed E-state index contributed by atoms with van der Waals surface area (Å²) in [6, 6.07) is 6.22. The highest BCUT2D eigenvalue weighted by molar-refractivity contribution is 5.89. The molecule has 2 aliphatic rings. The van der Waals surface area contributed by atoms with Crippen LogP contribution in [0.2, 0.25) is 0 Å². The van der Waals surface area contributed by atoms with Crippen LogP contribution in [0.4, 0.5) is 0 Å². The van der Waals surface area contributed by atoms with Crippen molar-refractivity contribution in [1.82, 2.24) is 0 Å². The normalized spacial score (nSPS) is 17.6. The molecular weight excluding hydrogens is 228 g/mol. The van der Waals surface area contributed by atoms with Gasteiger partial charge in [-0.2, -0.15) is 0 Å². The lowest BCUT2D eigenvalue weighted by atomic mass is 9.92. The van der Waals surface area contributed by atoms with Gasteiger partial charge in [0.05, 0.1) is 6.61 Å². The number of benzene rings is 1. The fourth-order valence-corrected chi connectivity index (χ4v) is 2.44. The van der Waals surface area contributed by atoms with Gasteiger partial charge in [0.2, 0.25) is 0 Å². The Morgan fingerprint density at radius 2 is 2.06 bits per heavy atom. The molecule has 0 radical (unpaired) electrons. The Bertz CT molecular complexity index is 567. The van der Waals surface area contributed by atoms with Crippen molar-refractivity contribution < 1.29 is 14.6 Å². The predicted molar refractivity (Wildman–Crippen MR) is 68.6 cm³/mol. The lowest BCUT2D eigenvalue weighted by Gasteiger charge is -2.13. The summed E-state index contributed by atoms with van der Waals surface area (Å²) >= 11 is 0. The van der Waals surface area contributed by atoms with E-state index in [0.29, 0.717) is 12.0 Å². The predicted octanol–water partition coefficient (Wildman–Crippen LogP) is 2.81. The zero-order valence-electron chi connectivity index (χ0n) is 9.98. The zero-order chi connectivity index (χ0) is 12.5. The number of ether oxygens (including phenoxy) is 1. The van der Waals surface area contributed by atoms with E-state index in [1.807, 2.05) is 12.1 Å². The maximum absolute atomic E-state index is 10.8. The number of hydrogen-bond acceptors (Lipinski definition) is 2. The molecule has 1 N–H and O–H groups in total. The fraction of sp³-hybridized carbons (Fsp3) is 0.267. The van der Waals surface area contributed by atoms with Gasteiger partial charge in [-0.1, -0.05) is 18.2 Å². The maximum atomic E-state index is 10.8. The first kappa shape index (κ1) is 11.1. The number of hydrogen-bond donors (Lipinski definition) is 1. The summed E-state index contributed by atoms with van der Waals surface area (Å²) in [5.41, 5.74) is 4.12. The van der Waals surface area contributed by atoms with Gasteiger partial charge >= 0.3 is 5.97 Å². The third kappa shape index (κ3) is 1.92. The molecule has 18 heavy (non-hydrogen) atoms. The minimum absolute atomic E-state index is 0.489. The van der Waals surface area contributed by atoms with E-state index in [0.717, 1.165) is 25.2 Å². The first-order chi connectivity index (χ1) is 8.74. The molecule has 1 heterocycles. The molecule has 0 atom stereocenters. The van der Waals surface area contributed by atoms with Crippen LogP contribution in [0, 0.1) is 0 Å². The summed E-state index contributed by atoms with van der Waals surface area (Å²) in [6.45, 7) is 0.765. The number of allylic oxidation sites excluding steroid dienone is 3. The van der Waals surface area contributed by atoms with Gasteiger partial charge < -0.3 is 9.84 Å². The summed E-state index contributed by atoms with van der Waals surface area (Å²) < 4.78 is 5.48. The highest BCUT2D eigenvalue weighted by Gasteiger charge is 2.16. The Labute approximate surface area is 105 Å². The van der Waals surface area contributed by atoms with E-state index in [4.69, 9.17) is 9.84 Å². The van der Waals surface area contributed by atoms with Gasteiger partial charge in [-0.15, -0.1) is 0 Å². The van der Waals surface area contributed by atoms with Gasteiger partial charge in [0, 0.05) is 12.0 Å². The van der Waals surface area contributed by atoms with Crippen molar-refractivity contribution in [3.05, 3.63) is 47.1 Å². The minimum Gasteiger partial charge on any atom is -0.493 e. The number of carboxylic acid groups (broad SMARTS) is 1. The van der Waals surface area contributed by atoms with Crippen molar-refractivity contribution in [3.63, 3.8) is 0 Å². The first-order valence-electron chi connectivity index (χ1n) is 6.13. The Hall–Kier alpha value is -2.03. The van der Waals surface area contributed by atoms with E-state index in [1.165, 1.54) is 16.7 Å². The molecule has 1 aliphatic carbocycles. The van der Waals surface area contributed by atoms with Crippen molar-refractivity contribution in [2.75, 3.05) is 6.61 Å². The van der Waals surface area contributed by atoms with Crippen molar-refractivity contribution >= 4 is 11.5 Å². The van der Waals surface area contributed by atoms with E-state index in [9.17, 15) is 4.79 Å². The van der Waals surface area contributed by atoms with Crippen LogP contribution in [0.25, 0.3) is 5.57 Å². The SMILES string of the molecule is O=C(O)C1=CC=C(c2ccc3c(c2)CCO3)CC1. The first-order valence-corrected chi connectivity index (χ1v) is 6.13. The second-order valence-corrected chi connectivity index (χ2v) is 4.61. The number of carboxylic acids is 1. The molecule has 0 aromatic heterocycles. The number of rotatable bonds is 2. The summed E-state index contributed by atoms with van der Waals surface area (Å²) in [5, 5.41) is 8.91. The molecule has 1 aliphatic heterocycles. The smallest absolute Gasteiger partial charge is 0.331 e. The molecule has 0 spiro atoms. The van der Waals surface area contributed by atoms with Crippen LogP contribution in [0.1, 0.15) is 24.0 Å². The highest BCUT2D eigenvalue weighted by Crippen LogP contribution is 2.32. The van der Waals surface area contributed by atoms with Gasteiger partial charge in [0.1, 0.15) is 5.75 Å². The van der Waals surface area contributed by atoms with E-state index >= 15 is 0 Å². The Morgan fingerprint density at radius 1 is 1.17 bits per heavy atom. The van der Waals surface area contributed by atoms with Gasteiger partial charge in [0.25, 0.3) is 0 Å². The van der Waals surface area contributed by atoms with E-state index in [-0.39, 0.29) is 0 Å². The molecule has 0 unspecified atom stereocenters. The van der Waals surface area contributed by atoms with Crippen LogP contribution in [0.5, 0.6) is 5.75 Å². The van der Waals surface area contributed by atoms with Crippen molar-refractivity contribution in [2.24, 2.45) is 0 Å². The molecule has 0 fully saturated rings. The van der Waals surface area contributed by atoms with Gasteiger partial charge in [-0.25, -0.2) is 4.79 Å². The lowest BCUT2D eigenvalue weighted by molar-refractivity contribution is -0.132. The standard InChI is InChI=1S/C15H14O3/c16-15(17)11-3-1-10(2-4-11)12-5-6-14-13(9-12)7-8-18-14/h1,3,5-6,9H,2,4,7-8H2,(H,16,17). The Kier molecular flexibility index (Phi) is 2.67. The van der Waals surface area contributed by atoms with Gasteiger partial charge in [0.15, 0.2) is 0 Å². The zero-order valence-corrected chi connectivity index (χ0v) is 9.98. The average Bonchev–Trinajstić information content (AvgIpc) is 2.86. The van der Waals surface area contributed by atoms with E-state index < -0.39 is 5.97 Å². The minimum atomic E-state index is -0.812. The van der Waals surface area contributed by atoms with E-state index in [2.05, 4.69) is 12.1 Å². The molecule has 92 valence electrons. The molecule has 3 nitrogen and oxygen atoms in total. The molecule has 0 amide bonds. The molecule has 1 aromatic carbocycles. The molecule has 0 saturated carbocycles. The van der Waals surface area contributed by atoms with Crippen molar-refractivity contribution in [1.29, 1.82) is 0 Å². The van der Waals surface area contributed by atoms with Crippen LogP contribution >= 0.6 is 0 Å². The maximum Gasteiger partial charge on any atom is 0.331 e. The van der Waals surface area contributed by atoms with E-state index in [1.54, 1.807) is 6.08 Å². The number of aliphatic carboxylic acids is 1. The van der Waals surface area contributed by atoms with Crippen LogP contribution < -0.4 is 4.74 Å². The third-order valence-electron chi connectivity index (χ3n) is 3.48. The molecule has 0 saturated heterocycles. The molecule has 3 heteroatoms. The van der Waals surface area contributed by atoms with Gasteiger partial charge in [-0.05, 0) is 41.7 Å². The highest BCUT2D eigenvalue weighted by atomic mass is 16.5. The molecular formula is C15H14O3. The summed E-state index contributed by atoms with van der Waals surface area (Å²) in [6.07, 6.45) is 5.99. The topological polar surface area (TPSA) is 46.5 Å². The number of carbonyl (C=O) groups is 1. The average molecular weight is 242 g/mol. The van der Waals surface area contributed by atoms with Crippen molar-refractivity contribution in [3.8, 4) is 5.75 Å². The quantitative estimate of drug-likeness (QED) is 0.867. The summed E-state index contributed by atoms with van der Waals surface area (Å²) in [5.74, 6) is 0.171. The monoisotopic (exact) mass is 242 g/mol. The van der Waals surface area contributed by atoms with Crippen LogP contribution in [-0.2, 0) is 11.2 Å². The summed E-state index contributed by atoms with van der Waals surface area (Å²) in [4.78, 5) is 10.8. The fourth-order valence-electron chi connectivity index (χ4n) is 2.44. The second kappa shape index (κ2) is 4.33. The summed E-state index contributed by atoms with van der Waals surface area (Å²) in [7, 11) is 0. The second-order valence-electron chi connectivity index (χ2n) is 4.61. The molecule has 1 aromatic rings. The largest absolute Gasteiger partial charge is 0.493 e. The molecule has 3 rings (SSSR count). The molecule has 0 bridgehead atoms. The lowest BCUT2D eigenvalue weighted by Crippen LogP contribution is -2.03. The number of fused-ring (bicyclic) bond motifs is 1.